The van der Waals surface area contributed by atoms with Crippen LogP contribution in [-0.2, 0) is 28.9 Å². The van der Waals surface area contributed by atoms with Crippen molar-refractivity contribution in [3.05, 3.63) is 59.2 Å². The van der Waals surface area contributed by atoms with Gasteiger partial charge in [-0.05, 0) is 60.6 Å². The van der Waals surface area contributed by atoms with Crippen molar-refractivity contribution in [1.29, 1.82) is 0 Å². The van der Waals surface area contributed by atoms with E-state index in [4.69, 9.17) is 4.74 Å². The first-order valence-electron chi connectivity index (χ1n) is 9.18. The van der Waals surface area contributed by atoms with Crippen LogP contribution in [0.15, 0.2) is 47.4 Å². The summed E-state index contributed by atoms with van der Waals surface area (Å²) in [5, 5.41) is 0. The zero-order valence-corrected chi connectivity index (χ0v) is 16.2. The highest BCUT2D eigenvalue weighted by molar-refractivity contribution is 8.00. The number of fused-ring (bicyclic) bond motifs is 1. The summed E-state index contributed by atoms with van der Waals surface area (Å²) in [7, 11) is 0. The summed E-state index contributed by atoms with van der Waals surface area (Å²) in [6.45, 7) is 1.89. The zero-order valence-electron chi connectivity index (χ0n) is 15.4. The number of carbonyl (C=O) groups is 2. The number of benzene rings is 2. The van der Waals surface area contributed by atoms with Gasteiger partial charge in [-0.15, -0.1) is 11.8 Å². The SMILES string of the molecule is CCc1ccccc1OCC(=O)NNC(=O)CSc1ccc2c(c1)CCC2. The van der Waals surface area contributed by atoms with Gasteiger partial charge in [0.2, 0.25) is 5.91 Å². The molecule has 3 rings (SSSR count). The third-order valence-electron chi connectivity index (χ3n) is 4.49. The van der Waals surface area contributed by atoms with Crippen LogP contribution in [0.25, 0.3) is 0 Å². The van der Waals surface area contributed by atoms with E-state index < -0.39 is 5.91 Å². The summed E-state index contributed by atoms with van der Waals surface area (Å²) < 4.78 is 5.53. The Bertz CT molecular complexity index is 823. The summed E-state index contributed by atoms with van der Waals surface area (Å²) in [5.74, 6) is 0.298. The lowest BCUT2D eigenvalue weighted by Gasteiger charge is -2.11. The number of hydrazine groups is 1. The highest BCUT2D eigenvalue weighted by Gasteiger charge is 2.12. The molecule has 2 aromatic carbocycles. The van der Waals surface area contributed by atoms with Crippen molar-refractivity contribution in [3.8, 4) is 5.75 Å². The average Bonchev–Trinajstić information content (AvgIpc) is 3.17. The van der Waals surface area contributed by atoms with Crippen LogP contribution in [0.1, 0.15) is 30.0 Å². The van der Waals surface area contributed by atoms with Crippen molar-refractivity contribution in [3.63, 3.8) is 0 Å². The second-order valence-corrected chi connectivity index (χ2v) is 7.47. The van der Waals surface area contributed by atoms with E-state index in [0.717, 1.165) is 29.7 Å². The number of hydrogen-bond acceptors (Lipinski definition) is 4. The Labute approximate surface area is 163 Å². The van der Waals surface area contributed by atoms with Crippen LogP contribution in [0.2, 0.25) is 0 Å². The van der Waals surface area contributed by atoms with Crippen LogP contribution in [0.4, 0.5) is 0 Å². The molecule has 0 heterocycles. The molecule has 2 N–H and O–H groups in total. The molecule has 0 fully saturated rings. The predicted octanol–water partition coefficient (Wildman–Crippen LogP) is 3.06. The molecule has 0 bridgehead atoms. The maximum atomic E-state index is 11.9. The lowest BCUT2D eigenvalue weighted by molar-refractivity contribution is -0.128. The largest absolute Gasteiger partial charge is 0.483 e. The van der Waals surface area contributed by atoms with Crippen LogP contribution in [0.3, 0.4) is 0 Å². The lowest BCUT2D eigenvalue weighted by atomic mass is 10.1. The van der Waals surface area contributed by atoms with Crippen LogP contribution in [0, 0.1) is 0 Å². The molecule has 0 aliphatic heterocycles. The van der Waals surface area contributed by atoms with E-state index in [1.165, 1.54) is 29.3 Å². The molecule has 0 saturated carbocycles. The summed E-state index contributed by atoms with van der Waals surface area (Å²) in [6.07, 6.45) is 4.31. The van der Waals surface area contributed by atoms with Crippen molar-refractivity contribution >= 4 is 23.6 Å². The third-order valence-corrected chi connectivity index (χ3v) is 5.49. The minimum Gasteiger partial charge on any atom is -0.483 e. The number of nitrogens with one attached hydrogen (secondary N) is 2. The van der Waals surface area contributed by atoms with Crippen molar-refractivity contribution < 1.29 is 14.3 Å². The van der Waals surface area contributed by atoms with Gasteiger partial charge in [0.15, 0.2) is 6.61 Å². The number of thioether (sulfide) groups is 1. The van der Waals surface area contributed by atoms with Gasteiger partial charge in [0, 0.05) is 4.90 Å². The number of ether oxygens (including phenoxy) is 1. The highest BCUT2D eigenvalue weighted by Crippen LogP contribution is 2.27. The second kappa shape index (κ2) is 9.46. The van der Waals surface area contributed by atoms with Crippen molar-refractivity contribution in [2.75, 3.05) is 12.4 Å². The van der Waals surface area contributed by atoms with Gasteiger partial charge in [-0.3, -0.25) is 20.4 Å². The number of carbonyl (C=O) groups excluding carboxylic acids is 2. The molecule has 5 nitrogen and oxygen atoms in total. The maximum Gasteiger partial charge on any atom is 0.276 e. The molecule has 27 heavy (non-hydrogen) atoms. The number of hydrogen-bond donors (Lipinski definition) is 2. The minimum atomic E-state index is -0.392. The molecular weight excluding hydrogens is 360 g/mol. The second-order valence-electron chi connectivity index (χ2n) is 6.42. The van der Waals surface area contributed by atoms with E-state index >= 15 is 0 Å². The van der Waals surface area contributed by atoms with E-state index in [-0.39, 0.29) is 18.3 Å². The quantitative estimate of drug-likeness (QED) is 0.569. The number of amides is 2. The average molecular weight is 385 g/mol. The third kappa shape index (κ3) is 5.50. The molecule has 0 atom stereocenters. The summed E-state index contributed by atoms with van der Waals surface area (Å²) in [4.78, 5) is 24.9. The Hall–Kier alpha value is -2.47. The molecule has 6 heteroatoms. The molecule has 1 aliphatic rings. The van der Waals surface area contributed by atoms with Gasteiger partial charge < -0.3 is 4.74 Å². The van der Waals surface area contributed by atoms with Crippen molar-refractivity contribution in [2.24, 2.45) is 0 Å². The lowest BCUT2D eigenvalue weighted by Crippen LogP contribution is -2.44. The van der Waals surface area contributed by atoms with Gasteiger partial charge in [-0.25, -0.2) is 0 Å². The first-order chi connectivity index (χ1) is 13.2. The topological polar surface area (TPSA) is 67.4 Å². The van der Waals surface area contributed by atoms with E-state index in [1.54, 1.807) is 0 Å². The molecule has 0 aromatic heterocycles. The number of rotatable bonds is 7. The number of aryl methyl sites for hydroxylation is 3. The standard InChI is InChI=1S/C21H24N2O3S/c1-2-15-6-3-4-9-19(15)26-13-20(24)22-23-21(25)14-27-18-11-10-16-7-5-8-17(16)12-18/h3-4,6,9-12H,2,5,7-8,13-14H2,1H3,(H,22,24)(H,23,25). The molecule has 1 aliphatic carbocycles. The molecule has 142 valence electrons. The molecule has 0 saturated heterocycles. The van der Waals surface area contributed by atoms with Crippen LogP contribution in [0.5, 0.6) is 5.75 Å². The predicted molar refractivity (Wildman–Crippen MR) is 107 cm³/mol. The molecule has 0 spiro atoms. The van der Waals surface area contributed by atoms with Gasteiger partial charge in [0.1, 0.15) is 5.75 Å². The molecule has 0 unspecified atom stereocenters. The Morgan fingerprint density at radius 3 is 2.67 bits per heavy atom. The monoisotopic (exact) mass is 384 g/mol. The maximum absolute atomic E-state index is 11.9. The van der Waals surface area contributed by atoms with Crippen LogP contribution >= 0.6 is 11.8 Å². The first kappa shape index (κ1) is 19.3. The van der Waals surface area contributed by atoms with Crippen molar-refractivity contribution in [2.45, 2.75) is 37.5 Å². The minimum absolute atomic E-state index is 0.144. The van der Waals surface area contributed by atoms with Gasteiger partial charge in [-0.1, -0.05) is 31.2 Å². The summed E-state index contributed by atoms with van der Waals surface area (Å²) >= 11 is 1.47. The van der Waals surface area contributed by atoms with Crippen LogP contribution < -0.4 is 15.6 Å². The van der Waals surface area contributed by atoms with Gasteiger partial charge in [-0.2, -0.15) is 0 Å². The van der Waals surface area contributed by atoms with E-state index in [9.17, 15) is 9.59 Å². The summed E-state index contributed by atoms with van der Waals surface area (Å²) in [6, 6.07) is 14.0. The van der Waals surface area contributed by atoms with Crippen LogP contribution in [-0.4, -0.2) is 24.2 Å². The number of para-hydroxylation sites is 1. The Kier molecular flexibility index (Phi) is 6.76. The fourth-order valence-corrected chi connectivity index (χ4v) is 3.84. The Morgan fingerprint density at radius 2 is 1.81 bits per heavy atom. The normalized spacial score (nSPS) is 12.3. The van der Waals surface area contributed by atoms with E-state index in [0.29, 0.717) is 5.75 Å². The van der Waals surface area contributed by atoms with Gasteiger partial charge in [0.05, 0.1) is 5.75 Å². The van der Waals surface area contributed by atoms with Crippen molar-refractivity contribution in [1.82, 2.24) is 10.9 Å². The Balaban J connectivity index is 1.38. The highest BCUT2D eigenvalue weighted by atomic mass is 32.2. The zero-order chi connectivity index (χ0) is 19.1. The fraction of sp³-hybridized carbons (Fsp3) is 0.333. The molecule has 2 aromatic rings. The molecular formula is C21H24N2O3S. The van der Waals surface area contributed by atoms with Gasteiger partial charge in [0.25, 0.3) is 5.91 Å². The summed E-state index contributed by atoms with van der Waals surface area (Å²) in [5.41, 5.74) is 8.67. The van der Waals surface area contributed by atoms with E-state index in [1.807, 2.05) is 31.2 Å². The van der Waals surface area contributed by atoms with E-state index in [2.05, 4.69) is 29.1 Å². The Morgan fingerprint density at radius 1 is 1.04 bits per heavy atom. The van der Waals surface area contributed by atoms with Gasteiger partial charge >= 0.3 is 0 Å². The molecule has 2 amide bonds. The first-order valence-corrected chi connectivity index (χ1v) is 10.2. The smallest absolute Gasteiger partial charge is 0.276 e. The molecule has 0 radical (unpaired) electrons. The fourth-order valence-electron chi connectivity index (χ4n) is 3.08.